The maximum Gasteiger partial charge on any atom is 0.345 e. The summed E-state index contributed by atoms with van der Waals surface area (Å²) < 4.78 is 1.26. The Hall–Kier alpha value is -1.71. The number of rotatable bonds is 4. The molecule has 102 valence electrons. The van der Waals surface area contributed by atoms with E-state index in [4.69, 9.17) is 5.11 Å². The highest BCUT2D eigenvalue weighted by molar-refractivity contribution is 7.98. The molecule has 3 rings (SSSR count). The summed E-state index contributed by atoms with van der Waals surface area (Å²) in [6.45, 7) is 0. The average Bonchev–Trinajstić information content (AvgIpc) is 3.05. The minimum atomic E-state index is -0.927. The zero-order valence-corrected chi connectivity index (χ0v) is 12.3. The zero-order chi connectivity index (χ0) is 14.1. The van der Waals surface area contributed by atoms with E-state index in [9.17, 15) is 9.59 Å². The lowest BCUT2D eigenvalue weighted by Crippen LogP contribution is -2.14. The lowest BCUT2D eigenvalue weighted by atomic mass is 10.4. The van der Waals surface area contributed by atoms with Gasteiger partial charge in [-0.25, -0.2) is 9.78 Å². The van der Waals surface area contributed by atoms with Gasteiger partial charge in [0.15, 0.2) is 0 Å². The molecule has 20 heavy (non-hydrogen) atoms. The van der Waals surface area contributed by atoms with Gasteiger partial charge in [-0.15, -0.1) is 23.1 Å². The van der Waals surface area contributed by atoms with Crippen molar-refractivity contribution in [2.24, 2.45) is 0 Å². The monoisotopic (exact) mass is 325 g/mol. The number of hydrogen-bond acceptors (Lipinski definition) is 7. The van der Waals surface area contributed by atoms with Crippen LogP contribution >= 0.6 is 34.4 Å². The molecule has 0 amide bonds. The van der Waals surface area contributed by atoms with Crippen molar-refractivity contribution < 1.29 is 9.90 Å². The smallest absolute Gasteiger partial charge is 0.345 e. The fraction of sp³-hybridized carbons (Fsp3) is 0.0909. The van der Waals surface area contributed by atoms with Gasteiger partial charge in [0.25, 0.3) is 5.56 Å². The van der Waals surface area contributed by atoms with Gasteiger partial charge in [0.05, 0.1) is 5.69 Å². The molecule has 3 heterocycles. The van der Waals surface area contributed by atoms with E-state index in [1.165, 1.54) is 45.0 Å². The largest absolute Gasteiger partial charge is 0.477 e. The van der Waals surface area contributed by atoms with Crippen LogP contribution in [0.3, 0.4) is 0 Å². The van der Waals surface area contributed by atoms with Crippen LogP contribution in [0.5, 0.6) is 0 Å². The average molecular weight is 325 g/mol. The molecule has 0 atom stereocenters. The fourth-order valence-electron chi connectivity index (χ4n) is 1.54. The van der Waals surface area contributed by atoms with Gasteiger partial charge in [0, 0.05) is 22.1 Å². The third-order valence-electron chi connectivity index (χ3n) is 2.41. The molecule has 9 heteroatoms. The molecule has 0 unspecified atom stereocenters. The fourth-order valence-corrected chi connectivity index (χ4v) is 3.94. The molecule has 0 bridgehead atoms. The van der Waals surface area contributed by atoms with Crippen LogP contribution in [-0.2, 0) is 5.75 Å². The first-order valence-corrected chi connectivity index (χ1v) is 8.15. The quantitative estimate of drug-likeness (QED) is 0.740. The summed E-state index contributed by atoms with van der Waals surface area (Å²) in [6.07, 6.45) is 0. The van der Waals surface area contributed by atoms with Crippen molar-refractivity contribution in [2.45, 2.75) is 10.6 Å². The van der Waals surface area contributed by atoms with Crippen LogP contribution in [0.4, 0.5) is 0 Å². The number of fused-ring (bicyclic) bond motifs is 1. The van der Waals surface area contributed by atoms with Crippen molar-refractivity contribution in [1.82, 2.24) is 14.6 Å². The van der Waals surface area contributed by atoms with Gasteiger partial charge in [0.1, 0.15) is 10.4 Å². The summed E-state index contributed by atoms with van der Waals surface area (Å²) >= 11 is 3.94. The maximum atomic E-state index is 11.7. The van der Waals surface area contributed by atoms with E-state index < -0.39 is 5.97 Å². The van der Waals surface area contributed by atoms with Gasteiger partial charge in [-0.05, 0) is 6.07 Å². The molecule has 3 aromatic heterocycles. The van der Waals surface area contributed by atoms with Crippen molar-refractivity contribution >= 4 is 45.4 Å². The van der Waals surface area contributed by atoms with Crippen LogP contribution in [-0.4, -0.2) is 25.7 Å². The summed E-state index contributed by atoms with van der Waals surface area (Å²) in [7, 11) is 0. The third kappa shape index (κ3) is 2.60. The lowest BCUT2D eigenvalue weighted by molar-refractivity contribution is 0.0702. The minimum Gasteiger partial charge on any atom is -0.477 e. The van der Waals surface area contributed by atoms with E-state index in [0.29, 0.717) is 21.3 Å². The Morgan fingerprint density at radius 3 is 3.00 bits per heavy atom. The van der Waals surface area contributed by atoms with Gasteiger partial charge >= 0.3 is 5.97 Å². The molecule has 0 aliphatic carbocycles. The molecule has 0 saturated heterocycles. The highest BCUT2D eigenvalue weighted by atomic mass is 32.2. The van der Waals surface area contributed by atoms with Crippen molar-refractivity contribution in [3.8, 4) is 0 Å². The van der Waals surface area contributed by atoms with E-state index >= 15 is 0 Å². The lowest BCUT2D eigenvalue weighted by Gasteiger charge is -1.98. The second kappa shape index (κ2) is 5.35. The molecular formula is C11H7N3O3S3. The molecule has 0 spiro atoms. The maximum absolute atomic E-state index is 11.7. The number of aromatic nitrogens is 3. The first-order valence-electron chi connectivity index (χ1n) is 5.40. The summed E-state index contributed by atoms with van der Waals surface area (Å²) in [5.74, 6) is -0.413. The van der Waals surface area contributed by atoms with Gasteiger partial charge in [-0.2, -0.15) is 9.61 Å². The number of thiophene rings is 1. The Balaban J connectivity index is 1.79. The molecule has 0 radical (unpaired) electrons. The van der Waals surface area contributed by atoms with Crippen LogP contribution in [0, 0.1) is 0 Å². The summed E-state index contributed by atoms with van der Waals surface area (Å²) in [5, 5.41) is 14.5. The Morgan fingerprint density at radius 2 is 2.25 bits per heavy atom. The van der Waals surface area contributed by atoms with E-state index in [-0.39, 0.29) is 5.56 Å². The third-order valence-corrected chi connectivity index (χ3v) is 5.16. The molecule has 6 nitrogen and oxygen atoms in total. The van der Waals surface area contributed by atoms with Gasteiger partial charge in [-0.1, -0.05) is 11.3 Å². The van der Waals surface area contributed by atoms with Gasteiger partial charge in [0.2, 0.25) is 4.96 Å². The van der Waals surface area contributed by atoms with E-state index in [0.717, 1.165) is 4.90 Å². The minimum absolute atomic E-state index is 0.205. The number of thioether (sulfide) groups is 1. The number of carboxylic acid groups (broad SMARTS) is 1. The standard InChI is InChI=1S/C11H7N3O3S3/c15-9-1-6(13-11-14(9)12-5-20-11)3-18-7-2-8(10(16)17)19-4-7/h1-2,4-5H,3H2,(H,16,17). The highest BCUT2D eigenvalue weighted by Gasteiger charge is 2.09. The van der Waals surface area contributed by atoms with E-state index in [1.807, 2.05) is 0 Å². The summed E-state index contributed by atoms with van der Waals surface area (Å²) in [6, 6.07) is 3.07. The molecule has 0 aromatic carbocycles. The number of carboxylic acids is 1. The first-order chi connectivity index (χ1) is 9.63. The molecule has 0 aliphatic rings. The second-order valence-electron chi connectivity index (χ2n) is 3.76. The SMILES string of the molecule is O=C(O)c1cc(SCc2cc(=O)n3ncsc3n2)cs1. The van der Waals surface area contributed by atoms with Crippen molar-refractivity contribution in [3.63, 3.8) is 0 Å². The number of hydrogen-bond donors (Lipinski definition) is 1. The van der Waals surface area contributed by atoms with Crippen molar-refractivity contribution in [2.75, 3.05) is 0 Å². The van der Waals surface area contributed by atoms with Crippen molar-refractivity contribution in [3.05, 3.63) is 43.9 Å². The number of aromatic carboxylic acids is 1. The Bertz CT molecular complexity index is 836. The normalized spacial score (nSPS) is 11.0. The molecule has 0 saturated carbocycles. The first kappa shape index (κ1) is 13.3. The van der Waals surface area contributed by atoms with Crippen molar-refractivity contribution in [1.29, 1.82) is 0 Å². The van der Waals surface area contributed by atoms with Gasteiger partial charge in [-0.3, -0.25) is 4.79 Å². The zero-order valence-electron chi connectivity index (χ0n) is 9.85. The number of carbonyl (C=O) groups is 1. The topological polar surface area (TPSA) is 84.6 Å². The molecule has 1 N–H and O–H groups in total. The Morgan fingerprint density at radius 1 is 1.40 bits per heavy atom. The predicted molar refractivity (Wildman–Crippen MR) is 78.0 cm³/mol. The molecule has 3 aromatic rings. The number of nitrogens with zero attached hydrogens (tertiary/aromatic N) is 3. The molecule has 0 fully saturated rings. The summed E-state index contributed by atoms with van der Waals surface area (Å²) in [4.78, 5) is 28.6. The van der Waals surface area contributed by atoms with Crippen LogP contribution in [0.1, 0.15) is 15.4 Å². The van der Waals surface area contributed by atoms with E-state index in [1.54, 1.807) is 17.0 Å². The summed E-state index contributed by atoms with van der Waals surface area (Å²) in [5.41, 5.74) is 2.02. The van der Waals surface area contributed by atoms with Crippen LogP contribution < -0.4 is 5.56 Å². The van der Waals surface area contributed by atoms with Crippen LogP contribution in [0.25, 0.3) is 4.96 Å². The molecular weight excluding hydrogens is 318 g/mol. The predicted octanol–water partition coefficient (Wildman–Crippen LogP) is 2.20. The Kier molecular flexibility index (Phi) is 3.55. The van der Waals surface area contributed by atoms with Crippen LogP contribution in [0.15, 0.2) is 32.7 Å². The second-order valence-corrected chi connectivity index (χ2v) is 6.53. The van der Waals surface area contributed by atoms with E-state index in [2.05, 4.69) is 10.1 Å². The van der Waals surface area contributed by atoms with Crippen LogP contribution in [0.2, 0.25) is 0 Å². The highest BCUT2D eigenvalue weighted by Crippen LogP contribution is 2.27. The van der Waals surface area contributed by atoms with Gasteiger partial charge < -0.3 is 5.11 Å². The molecule has 0 aliphatic heterocycles. The Labute approximate surface area is 124 Å².